The van der Waals surface area contributed by atoms with Crippen LogP contribution in [0.2, 0.25) is 0 Å². The molecule has 3 aromatic carbocycles. The molecule has 45 heavy (non-hydrogen) atoms. The lowest BCUT2D eigenvalue weighted by molar-refractivity contribution is -0.143. The highest BCUT2D eigenvalue weighted by molar-refractivity contribution is 5.97. The minimum Gasteiger partial charge on any atom is -0.489 e. The number of carbonyl (C=O) groups excluding carboxylic acids is 3. The van der Waals surface area contributed by atoms with Gasteiger partial charge in [-0.25, -0.2) is 4.79 Å². The highest BCUT2D eigenvalue weighted by Gasteiger charge is 2.38. The molecule has 0 spiro atoms. The quantitative estimate of drug-likeness (QED) is 0.276. The van der Waals surface area contributed by atoms with E-state index in [1.54, 1.807) is 13.8 Å². The molecular weight excluding hydrogens is 566 g/mol. The number of ether oxygens (including phenoxy) is 2. The third-order valence-corrected chi connectivity index (χ3v) is 8.34. The van der Waals surface area contributed by atoms with Crippen LogP contribution >= 0.6 is 0 Å². The van der Waals surface area contributed by atoms with E-state index in [1.807, 2.05) is 77.7 Å². The molecule has 2 amide bonds. The molecule has 3 aromatic rings. The maximum atomic E-state index is 13.5. The summed E-state index contributed by atoms with van der Waals surface area (Å²) in [5, 5.41) is 0. The summed E-state index contributed by atoms with van der Waals surface area (Å²) in [6, 6.07) is 27.6. The largest absolute Gasteiger partial charge is 0.489 e. The first kappa shape index (κ1) is 31.7. The fourth-order valence-electron chi connectivity index (χ4n) is 5.82. The van der Waals surface area contributed by atoms with E-state index in [9.17, 15) is 14.4 Å². The number of benzene rings is 3. The lowest BCUT2D eigenvalue weighted by Gasteiger charge is -2.37. The molecule has 0 aromatic heterocycles. The van der Waals surface area contributed by atoms with Gasteiger partial charge in [0, 0.05) is 50.8 Å². The van der Waals surface area contributed by atoms with Crippen molar-refractivity contribution < 1.29 is 23.9 Å². The zero-order valence-corrected chi connectivity index (χ0v) is 26.1. The first-order valence-corrected chi connectivity index (χ1v) is 15.6. The summed E-state index contributed by atoms with van der Waals surface area (Å²) in [6.07, 6.45) is 4.33. The normalized spacial score (nSPS) is 17.6. The van der Waals surface area contributed by atoms with Gasteiger partial charge >= 0.3 is 5.97 Å². The highest BCUT2D eigenvalue weighted by Crippen LogP contribution is 2.37. The van der Waals surface area contributed by atoms with Crippen molar-refractivity contribution in [3.63, 3.8) is 0 Å². The molecule has 0 bridgehead atoms. The average molecular weight is 608 g/mol. The van der Waals surface area contributed by atoms with Gasteiger partial charge < -0.3 is 19.3 Å². The van der Waals surface area contributed by atoms with Gasteiger partial charge in [0.15, 0.2) is 0 Å². The molecule has 0 saturated carbocycles. The number of esters is 1. The van der Waals surface area contributed by atoms with E-state index in [4.69, 9.17) is 9.47 Å². The molecular formula is C37H41N3O5. The fraction of sp³-hybridized carbons (Fsp3) is 0.324. The second-order valence-corrected chi connectivity index (χ2v) is 11.3. The van der Waals surface area contributed by atoms with Crippen molar-refractivity contribution in [3.8, 4) is 5.75 Å². The Balaban J connectivity index is 1.22. The summed E-state index contributed by atoms with van der Waals surface area (Å²) in [5.41, 5.74) is 3.93. The molecule has 0 aliphatic carbocycles. The monoisotopic (exact) mass is 607 g/mol. The van der Waals surface area contributed by atoms with Crippen LogP contribution in [0, 0.1) is 0 Å². The van der Waals surface area contributed by atoms with Crippen LogP contribution in [-0.4, -0.2) is 78.4 Å². The number of allylic oxidation sites excluding steroid dienone is 1. The Morgan fingerprint density at radius 3 is 2.22 bits per heavy atom. The lowest BCUT2D eigenvalue weighted by Crippen LogP contribution is -2.52. The molecule has 2 aliphatic rings. The molecule has 0 radical (unpaired) electrons. The van der Waals surface area contributed by atoms with Crippen LogP contribution in [0.1, 0.15) is 42.9 Å². The molecule has 1 unspecified atom stereocenters. The maximum Gasteiger partial charge on any atom is 0.336 e. The number of carbonyl (C=O) groups is 3. The number of nitrogens with zero attached hydrogens (tertiary/aromatic N) is 3. The Morgan fingerprint density at radius 2 is 1.56 bits per heavy atom. The van der Waals surface area contributed by atoms with Crippen LogP contribution in [0.5, 0.6) is 5.75 Å². The van der Waals surface area contributed by atoms with Gasteiger partial charge in [0.05, 0.1) is 12.2 Å². The van der Waals surface area contributed by atoms with E-state index in [2.05, 4.69) is 29.2 Å². The molecule has 8 nitrogen and oxygen atoms in total. The Hall–Kier alpha value is -4.69. The van der Waals surface area contributed by atoms with Crippen molar-refractivity contribution in [2.24, 2.45) is 0 Å². The van der Waals surface area contributed by atoms with E-state index in [0.717, 1.165) is 36.3 Å². The van der Waals surface area contributed by atoms with E-state index >= 15 is 0 Å². The summed E-state index contributed by atoms with van der Waals surface area (Å²) < 4.78 is 11.4. The van der Waals surface area contributed by atoms with Gasteiger partial charge in [-0.1, -0.05) is 84.9 Å². The Bertz CT molecular complexity index is 1510. The number of hydrogen-bond acceptors (Lipinski definition) is 6. The lowest BCUT2D eigenvalue weighted by atomic mass is 9.83. The van der Waals surface area contributed by atoms with Crippen LogP contribution in [-0.2, 0) is 25.7 Å². The molecule has 8 heteroatoms. The average Bonchev–Trinajstić information content (AvgIpc) is 3.07. The zero-order valence-electron chi connectivity index (χ0n) is 26.1. The molecule has 2 aliphatic heterocycles. The van der Waals surface area contributed by atoms with Gasteiger partial charge in [0.25, 0.3) is 0 Å². The molecule has 0 N–H and O–H groups in total. The van der Waals surface area contributed by atoms with E-state index in [-0.39, 0.29) is 31.4 Å². The van der Waals surface area contributed by atoms with Gasteiger partial charge in [-0.3, -0.25) is 14.5 Å². The van der Waals surface area contributed by atoms with E-state index < -0.39 is 11.9 Å². The standard InChI is InChI=1S/C37H41N3O5/c1-3-44-37(43)36-28(2)40(26-35(42)39-23-21-38(22-24-39)20-10-15-29-11-6-4-7-12-29)34(41)25-33(36)31-16-18-32(19-17-31)45-27-30-13-8-5-9-14-30/h4-19,33H,3,20-27H2,1-2H3/b15-10+. The van der Waals surface area contributed by atoms with E-state index in [1.165, 1.54) is 4.90 Å². The first-order chi connectivity index (χ1) is 21.9. The van der Waals surface area contributed by atoms with Gasteiger partial charge in [0.2, 0.25) is 11.8 Å². The van der Waals surface area contributed by atoms with E-state index in [0.29, 0.717) is 36.7 Å². The molecule has 2 heterocycles. The van der Waals surface area contributed by atoms with Crippen LogP contribution in [0.25, 0.3) is 6.08 Å². The SMILES string of the molecule is CCOC(=O)C1=C(C)N(CC(=O)N2CCN(C/C=C/c3ccccc3)CC2)C(=O)CC1c1ccc(OCc2ccccc2)cc1. The minimum atomic E-state index is -0.474. The Kier molecular flexibility index (Phi) is 10.8. The number of amides is 2. The van der Waals surface area contributed by atoms with Crippen molar-refractivity contribution in [2.45, 2.75) is 32.8 Å². The van der Waals surface area contributed by atoms with Crippen molar-refractivity contribution >= 4 is 23.9 Å². The van der Waals surface area contributed by atoms with Crippen LogP contribution in [0.3, 0.4) is 0 Å². The van der Waals surface area contributed by atoms with Crippen molar-refractivity contribution in [2.75, 3.05) is 45.9 Å². The third kappa shape index (κ3) is 8.28. The van der Waals surface area contributed by atoms with Crippen molar-refractivity contribution in [1.82, 2.24) is 14.7 Å². The maximum absolute atomic E-state index is 13.5. The molecule has 1 saturated heterocycles. The van der Waals surface area contributed by atoms with Gasteiger partial charge in [-0.05, 0) is 42.7 Å². The van der Waals surface area contributed by atoms with Crippen LogP contribution < -0.4 is 4.74 Å². The summed E-state index contributed by atoms with van der Waals surface area (Å²) in [7, 11) is 0. The molecule has 1 fully saturated rings. The number of hydrogen-bond donors (Lipinski definition) is 0. The predicted octanol–water partition coefficient (Wildman–Crippen LogP) is 5.28. The molecule has 234 valence electrons. The second-order valence-electron chi connectivity index (χ2n) is 11.3. The smallest absolute Gasteiger partial charge is 0.336 e. The van der Waals surface area contributed by atoms with Crippen molar-refractivity contribution in [1.29, 1.82) is 0 Å². The Morgan fingerprint density at radius 1 is 0.889 bits per heavy atom. The predicted molar refractivity (Wildman–Crippen MR) is 174 cm³/mol. The number of piperazine rings is 1. The molecule has 1 atom stereocenters. The highest BCUT2D eigenvalue weighted by atomic mass is 16.5. The summed E-state index contributed by atoms with van der Waals surface area (Å²) in [5.74, 6) is -0.551. The second kappa shape index (κ2) is 15.3. The van der Waals surface area contributed by atoms with Gasteiger partial charge in [-0.15, -0.1) is 0 Å². The minimum absolute atomic E-state index is 0.0739. The van der Waals surface area contributed by atoms with Crippen LogP contribution in [0.15, 0.2) is 102 Å². The zero-order chi connectivity index (χ0) is 31.6. The van der Waals surface area contributed by atoms with Crippen molar-refractivity contribution in [3.05, 3.63) is 119 Å². The summed E-state index contributed by atoms with van der Waals surface area (Å²) >= 11 is 0. The van der Waals surface area contributed by atoms with Gasteiger partial charge in [0.1, 0.15) is 18.9 Å². The number of rotatable bonds is 11. The Labute approximate surface area is 265 Å². The third-order valence-electron chi connectivity index (χ3n) is 8.34. The first-order valence-electron chi connectivity index (χ1n) is 15.6. The fourth-order valence-corrected chi connectivity index (χ4v) is 5.82. The molecule has 5 rings (SSSR count). The topological polar surface area (TPSA) is 79.4 Å². The summed E-state index contributed by atoms with van der Waals surface area (Å²) in [6.45, 7) is 7.57. The summed E-state index contributed by atoms with van der Waals surface area (Å²) in [4.78, 5) is 45.6. The van der Waals surface area contributed by atoms with Crippen LogP contribution in [0.4, 0.5) is 0 Å². The van der Waals surface area contributed by atoms with Gasteiger partial charge in [-0.2, -0.15) is 0 Å².